The molecular formula is C12H14FN3OS. The number of nitrogens with zero attached hydrogens (tertiary/aromatic N) is 3. The fourth-order valence-electron chi connectivity index (χ4n) is 1.43. The van der Waals surface area contributed by atoms with Crippen molar-refractivity contribution in [3.05, 3.63) is 42.0 Å². The second kappa shape index (κ2) is 6.51. The van der Waals surface area contributed by atoms with E-state index in [4.69, 9.17) is 4.74 Å². The molecule has 0 aliphatic rings. The van der Waals surface area contributed by atoms with E-state index in [1.165, 1.54) is 12.1 Å². The highest BCUT2D eigenvalue weighted by Crippen LogP contribution is 2.20. The Morgan fingerprint density at radius 3 is 2.83 bits per heavy atom. The van der Waals surface area contributed by atoms with Crippen LogP contribution in [0, 0.1) is 5.82 Å². The molecule has 0 spiro atoms. The Labute approximate surface area is 109 Å². The predicted molar refractivity (Wildman–Crippen MR) is 67.9 cm³/mol. The van der Waals surface area contributed by atoms with Crippen LogP contribution in [0.25, 0.3) is 0 Å². The van der Waals surface area contributed by atoms with Crippen molar-refractivity contribution in [2.45, 2.75) is 17.5 Å². The maximum atomic E-state index is 12.8. The highest BCUT2D eigenvalue weighted by Gasteiger charge is 2.05. The number of halogens is 1. The molecule has 0 unspecified atom stereocenters. The van der Waals surface area contributed by atoms with E-state index in [1.807, 2.05) is 4.57 Å². The van der Waals surface area contributed by atoms with E-state index in [0.29, 0.717) is 6.61 Å². The first-order valence-electron chi connectivity index (χ1n) is 5.53. The molecule has 1 aromatic heterocycles. The Kier molecular flexibility index (Phi) is 4.72. The van der Waals surface area contributed by atoms with Gasteiger partial charge in [-0.05, 0) is 17.7 Å². The molecule has 0 amide bonds. The van der Waals surface area contributed by atoms with Crippen LogP contribution in [0.5, 0.6) is 0 Å². The molecule has 0 fully saturated rings. The Morgan fingerprint density at radius 1 is 1.33 bits per heavy atom. The van der Waals surface area contributed by atoms with Crippen LogP contribution in [0.3, 0.4) is 0 Å². The molecule has 0 saturated heterocycles. The van der Waals surface area contributed by atoms with Crippen LogP contribution in [0.4, 0.5) is 4.39 Å². The summed E-state index contributed by atoms with van der Waals surface area (Å²) in [6.07, 6.45) is 1.69. The van der Waals surface area contributed by atoms with Gasteiger partial charge in [-0.3, -0.25) is 0 Å². The van der Waals surface area contributed by atoms with Crippen LogP contribution in [0.15, 0.2) is 35.7 Å². The number of methoxy groups -OCH3 is 1. The minimum Gasteiger partial charge on any atom is -0.383 e. The van der Waals surface area contributed by atoms with E-state index >= 15 is 0 Å². The molecule has 2 rings (SSSR count). The van der Waals surface area contributed by atoms with Gasteiger partial charge >= 0.3 is 0 Å². The summed E-state index contributed by atoms with van der Waals surface area (Å²) in [5.74, 6) is 0.526. The maximum absolute atomic E-state index is 12.8. The van der Waals surface area contributed by atoms with Crippen LogP contribution < -0.4 is 0 Å². The number of hydrogen-bond donors (Lipinski definition) is 0. The van der Waals surface area contributed by atoms with Crippen LogP contribution in [-0.4, -0.2) is 28.5 Å². The van der Waals surface area contributed by atoms with Gasteiger partial charge in [0.1, 0.15) is 12.1 Å². The highest BCUT2D eigenvalue weighted by molar-refractivity contribution is 7.98. The molecule has 96 valence electrons. The van der Waals surface area contributed by atoms with E-state index in [1.54, 1.807) is 37.3 Å². The average molecular weight is 267 g/mol. The van der Waals surface area contributed by atoms with Crippen LogP contribution in [-0.2, 0) is 17.0 Å². The zero-order valence-electron chi connectivity index (χ0n) is 10.0. The van der Waals surface area contributed by atoms with Gasteiger partial charge in [-0.1, -0.05) is 23.9 Å². The quantitative estimate of drug-likeness (QED) is 0.753. The first-order chi connectivity index (χ1) is 8.79. The van der Waals surface area contributed by atoms with Crippen molar-refractivity contribution in [2.75, 3.05) is 13.7 Å². The van der Waals surface area contributed by atoms with Crippen molar-refractivity contribution in [3.63, 3.8) is 0 Å². The topological polar surface area (TPSA) is 39.9 Å². The smallest absolute Gasteiger partial charge is 0.191 e. The van der Waals surface area contributed by atoms with Gasteiger partial charge in [0.15, 0.2) is 5.16 Å². The lowest BCUT2D eigenvalue weighted by Gasteiger charge is -2.05. The predicted octanol–water partition coefficient (Wildman–Crippen LogP) is 2.36. The first kappa shape index (κ1) is 13.0. The van der Waals surface area contributed by atoms with Crippen molar-refractivity contribution in [1.29, 1.82) is 0 Å². The first-order valence-corrected chi connectivity index (χ1v) is 6.52. The molecule has 0 radical (unpaired) electrons. The Bertz CT molecular complexity index is 486. The zero-order valence-corrected chi connectivity index (χ0v) is 10.9. The van der Waals surface area contributed by atoms with Crippen molar-refractivity contribution in [2.24, 2.45) is 0 Å². The third kappa shape index (κ3) is 3.54. The zero-order chi connectivity index (χ0) is 12.8. The molecule has 0 aliphatic heterocycles. The van der Waals surface area contributed by atoms with Gasteiger partial charge in [0.2, 0.25) is 0 Å². The monoisotopic (exact) mass is 267 g/mol. The largest absolute Gasteiger partial charge is 0.383 e. The fourth-order valence-corrected chi connectivity index (χ4v) is 2.33. The maximum Gasteiger partial charge on any atom is 0.191 e. The van der Waals surface area contributed by atoms with Crippen molar-refractivity contribution < 1.29 is 9.13 Å². The summed E-state index contributed by atoms with van der Waals surface area (Å²) in [4.78, 5) is 0. The van der Waals surface area contributed by atoms with E-state index in [0.717, 1.165) is 23.0 Å². The van der Waals surface area contributed by atoms with Crippen molar-refractivity contribution >= 4 is 11.8 Å². The van der Waals surface area contributed by atoms with Crippen LogP contribution in [0.1, 0.15) is 5.56 Å². The number of hydrogen-bond acceptors (Lipinski definition) is 4. The summed E-state index contributed by atoms with van der Waals surface area (Å²) in [5, 5.41) is 8.77. The van der Waals surface area contributed by atoms with E-state index < -0.39 is 0 Å². The summed E-state index contributed by atoms with van der Waals surface area (Å²) in [6, 6.07) is 6.48. The van der Waals surface area contributed by atoms with Gasteiger partial charge in [-0.15, -0.1) is 10.2 Å². The molecule has 6 heteroatoms. The molecule has 0 bridgehead atoms. The number of benzene rings is 1. The van der Waals surface area contributed by atoms with Gasteiger partial charge < -0.3 is 9.30 Å². The fraction of sp³-hybridized carbons (Fsp3) is 0.333. The molecule has 0 N–H and O–H groups in total. The molecule has 1 aromatic carbocycles. The average Bonchev–Trinajstić information content (AvgIpc) is 2.83. The highest BCUT2D eigenvalue weighted by atomic mass is 32.2. The molecule has 0 aliphatic carbocycles. The van der Waals surface area contributed by atoms with Gasteiger partial charge in [0.05, 0.1) is 6.61 Å². The van der Waals surface area contributed by atoms with Crippen molar-refractivity contribution in [1.82, 2.24) is 14.8 Å². The summed E-state index contributed by atoms with van der Waals surface area (Å²) in [5.41, 5.74) is 1.06. The molecule has 0 saturated carbocycles. The lowest BCUT2D eigenvalue weighted by atomic mass is 10.2. The lowest BCUT2D eigenvalue weighted by molar-refractivity contribution is 0.184. The number of ether oxygens (including phenoxy) is 1. The molecule has 1 heterocycles. The van der Waals surface area contributed by atoms with Gasteiger partial charge in [0, 0.05) is 19.4 Å². The minimum atomic E-state index is -0.216. The molecule has 0 atom stereocenters. The third-order valence-electron chi connectivity index (χ3n) is 2.40. The Morgan fingerprint density at radius 2 is 2.11 bits per heavy atom. The van der Waals surface area contributed by atoms with Crippen LogP contribution in [0.2, 0.25) is 0 Å². The molecule has 18 heavy (non-hydrogen) atoms. The molecule has 2 aromatic rings. The van der Waals surface area contributed by atoms with E-state index in [2.05, 4.69) is 10.2 Å². The van der Waals surface area contributed by atoms with Gasteiger partial charge in [-0.25, -0.2) is 4.39 Å². The third-order valence-corrected chi connectivity index (χ3v) is 3.45. The van der Waals surface area contributed by atoms with Crippen LogP contribution >= 0.6 is 11.8 Å². The summed E-state index contributed by atoms with van der Waals surface area (Å²) >= 11 is 1.57. The lowest BCUT2D eigenvalue weighted by Crippen LogP contribution is -2.04. The normalized spacial score (nSPS) is 10.8. The summed E-state index contributed by atoms with van der Waals surface area (Å²) in [7, 11) is 1.66. The standard InChI is InChI=1S/C12H14FN3OS/c1-17-7-6-16-9-14-15-12(16)18-8-10-2-4-11(13)5-3-10/h2-5,9H,6-8H2,1H3. The second-order valence-electron chi connectivity index (χ2n) is 3.71. The van der Waals surface area contributed by atoms with Gasteiger partial charge in [-0.2, -0.15) is 0 Å². The Balaban J connectivity index is 1.93. The number of rotatable bonds is 6. The SMILES string of the molecule is COCCn1cnnc1SCc1ccc(F)cc1. The van der Waals surface area contributed by atoms with Crippen molar-refractivity contribution in [3.8, 4) is 0 Å². The number of aromatic nitrogens is 3. The Hall–Kier alpha value is -1.40. The van der Waals surface area contributed by atoms with E-state index in [9.17, 15) is 4.39 Å². The van der Waals surface area contributed by atoms with Gasteiger partial charge in [0.25, 0.3) is 0 Å². The second-order valence-corrected chi connectivity index (χ2v) is 4.66. The number of thioether (sulfide) groups is 1. The summed E-state index contributed by atoms with van der Waals surface area (Å²) < 4.78 is 19.7. The molecule has 4 nitrogen and oxygen atoms in total. The van der Waals surface area contributed by atoms with E-state index in [-0.39, 0.29) is 5.82 Å². The minimum absolute atomic E-state index is 0.216. The molecular weight excluding hydrogens is 253 g/mol. The summed E-state index contributed by atoms with van der Waals surface area (Å²) in [6.45, 7) is 1.36.